The molecule has 2 aliphatic rings. The molecule has 326 valence electrons. The lowest BCUT2D eigenvalue weighted by Crippen LogP contribution is -2.31. The minimum atomic E-state index is -0.843. The number of hydrogen-bond donors (Lipinski definition) is 0. The van der Waals surface area contributed by atoms with Crippen LogP contribution in [0, 0.1) is 12.3 Å². The Hall–Kier alpha value is -8.34. The maximum atomic E-state index is 7.43. The maximum Gasteiger partial charge on any atom is 0.145 e. The van der Waals surface area contributed by atoms with Crippen molar-refractivity contribution in [3.8, 4) is 11.1 Å². The van der Waals surface area contributed by atoms with Crippen molar-refractivity contribution < 1.29 is 8.83 Å². The van der Waals surface area contributed by atoms with Crippen LogP contribution in [0.15, 0.2) is 239 Å². The summed E-state index contributed by atoms with van der Waals surface area (Å²) in [6, 6.07) is 74.6. The number of rotatable bonds is 8. The Morgan fingerprint density at radius 1 is 0.456 bits per heavy atom. The fraction of sp³-hybridized carbons (Fsp3) is 0.0938. The summed E-state index contributed by atoms with van der Waals surface area (Å²) in [5.74, 6) is 0. The summed E-state index contributed by atoms with van der Waals surface area (Å²) in [5, 5.41) is 4.24. The summed E-state index contributed by atoms with van der Waals surface area (Å²) in [5.41, 5.74) is 16.7. The summed E-state index contributed by atoms with van der Waals surface area (Å²) in [6.07, 6.45) is 7.73. The van der Waals surface area contributed by atoms with Crippen LogP contribution in [0.25, 0.3) is 55.0 Å². The molecule has 0 saturated carbocycles. The van der Waals surface area contributed by atoms with Gasteiger partial charge in [-0.2, -0.15) is 0 Å². The molecular weight excluding hydrogens is 829 g/mol. The van der Waals surface area contributed by atoms with E-state index in [4.69, 9.17) is 8.83 Å². The van der Waals surface area contributed by atoms with Crippen LogP contribution in [0.4, 0.5) is 28.4 Å². The van der Waals surface area contributed by atoms with E-state index in [1.54, 1.807) is 0 Å². The zero-order chi connectivity index (χ0) is 45.6. The molecule has 2 aliphatic carbocycles. The Kier molecular flexibility index (Phi) is 9.03. The summed E-state index contributed by atoms with van der Waals surface area (Å²) in [7, 11) is 0. The van der Waals surface area contributed by atoms with Crippen molar-refractivity contribution >= 4 is 72.3 Å². The van der Waals surface area contributed by atoms with Crippen LogP contribution in [0.5, 0.6) is 0 Å². The number of aryl methyl sites for hydroxylation is 1. The predicted octanol–water partition coefficient (Wildman–Crippen LogP) is 17.6. The van der Waals surface area contributed by atoms with Crippen molar-refractivity contribution in [1.82, 2.24) is 0 Å². The lowest BCUT2D eigenvalue weighted by Gasteiger charge is -2.40. The second-order valence-electron chi connectivity index (χ2n) is 18.9. The average Bonchev–Trinajstić information content (AvgIpc) is 4.05. The first-order valence-electron chi connectivity index (χ1n) is 23.7. The van der Waals surface area contributed by atoms with Crippen molar-refractivity contribution in [3.63, 3.8) is 0 Å². The first kappa shape index (κ1) is 40.0. The van der Waals surface area contributed by atoms with Gasteiger partial charge >= 0.3 is 0 Å². The van der Waals surface area contributed by atoms with E-state index in [2.05, 4.69) is 255 Å². The third-order valence-corrected chi connectivity index (χ3v) is 14.5. The zero-order valence-corrected chi connectivity index (χ0v) is 38.3. The second-order valence-corrected chi connectivity index (χ2v) is 18.9. The van der Waals surface area contributed by atoms with Crippen LogP contribution >= 0.6 is 0 Å². The van der Waals surface area contributed by atoms with Crippen molar-refractivity contribution in [2.24, 2.45) is 5.41 Å². The number of furan rings is 2. The quantitative estimate of drug-likeness (QED) is 0.152. The SMILES string of the molecule is Cc1ccccc1N(c1ccccc1)c1cc2c(c3oc4ccccc4c13)-c1c(cc(N(C3=CC=CCC3(C)C)c3ccccc3)c3c1oc1ccccc13)C2(c1ccccc1)c1ccccc1. The normalized spacial score (nSPS) is 14.6. The van der Waals surface area contributed by atoms with Gasteiger partial charge in [-0.3, -0.25) is 0 Å². The number of hydrogen-bond acceptors (Lipinski definition) is 4. The Morgan fingerprint density at radius 2 is 0.897 bits per heavy atom. The molecule has 0 spiro atoms. The molecule has 0 fully saturated rings. The minimum Gasteiger partial charge on any atom is -0.455 e. The number of allylic oxidation sites excluding steroid dienone is 4. The van der Waals surface area contributed by atoms with Crippen molar-refractivity contribution in [3.05, 3.63) is 258 Å². The van der Waals surface area contributed by atoms with Crippen LogP contribution in [0.3, 0.4) is 0 Å². The molecule has 0 saturated heterocycles. The van der Waals surface area contributed by atoms with Gasteiger partial charge in [-0.15, -0.1) is 0 Å². The van der Waals surface area contributed by atoms with Crippen molar-refractivity contribution in [2.75, 3.05) is 9.80 Å². The van der Waals surface area contributed by atoms with Gasteiger partial charge in [0.2, 0.25) is 0 Å². The zero-order valence-electron chi connectivity index (χ0n) is 38.3. The highest BCUT2D eigenvalue weighted by molar-refractivity contribution is 6.24. The van der Waals surface area contributed by atoms with Gasteiger partial charge in [0, 0.05) is 50.1 Å². The van der Waals surface area contributed by atoms with Gasteiger partial charge in [-0.25, -0.2) is 0 Å². The standard InChI is InChI=1S/C64H48N2O2/c1-42-24-16-19-35-51(42)65(45-29-12-6-13-30-45)52-40-49-59(61-57(52)47-33-17-20-36-54(47)67-61)60-50(64(49,43-25-8-4-9-26-43)44-27-10-5-11-28-44)41-53(58-48-34-18-21-37-55(48)68-62(58)60)66(46-31-14-7-15-32-46)56-38-22-23-39-63(56,2)3/h4-38,40-41H,39H2,1-3H3. The molecule has 0 amide bonds. The Balaban J connectivity index is 1.27. The van der Waals surface area contributed by atoms with Gasteiger partial charge in [-0.05, 0) is 102 Å². The number of fused-ring (bicyclic) bond motifs is 11. The fourth-order valence-corrected chi connectivity index (χ4v) is 11.5. The van der Waals surface area contributed by atoms with E-state index < -0.39 is 5.41 Å². The van der Waals surface area contributed by atoms with E-state index in [1.807, 2.05) is 0 Å². The Labute approximate surface area is 396 Å². The fourth-order valence-electron chi connectivity index (χ4n) is 11.5. The van der Waals surface area contributed by atoms with Crippen LogP contribution in [0.2, 0.25) is 0 Å². The number of para-hydroxylation sites is 5. The number of benzene rings is 9. The van der Waals surface area contributed by atoms with Gasteiger partial charge in [0.05, 0.1) is 27.6 Å². The molecule has 9 aromatic carbocycles. The molecule has 68 heavy (non-hydrogen) atoms. The first-order valence-corrected chi connectivity index (χ1v) is 23.7. The van der Waals surface area contributed by atoms with E-state index in [0.29, 0.717) is 0 Å². The van der Waals surface area contributed by atoms with E-state index in [9.17, 15) is 0 Å². The highest BCUT2D eigenvalue weighted by Crippen LogP contribution is 2.64. The van der Waals surface area contributed by atoms with Crippen molar-refractivity contribution in [2.45, 2.75) is 32.6 Å². The van der Waals surface area contributed by atoms with E-state index in [0.717, 1.165) is 112 Å². The van der Waals surface area contributed by atoms with Gasteiger partial charge in [-0.1, -0.05) is 178 Å². The largest absolute Gasteiger partial charge is 0.455 e. The molecule has 0 N–H and O–H groups in total. The molecule has 4 heteroatoms. The highest BCUT2D eigenvalue weighted by atomic mass is 16.3. The molecule has 0 atom stereocenters. The molecule has 11 aromatic rings. The van der Waals surface area contributed by atoms with Crippen LogP contribution < -0.4 is 9.80 Å². The van der Waals surface area contributed by atoms with Crippen LogP contribution in [-0.4, -0.2) is 0 Å². The molecule has 0 unspecified atom stereocenters. The van der Waals surface area contributed by atoms with Crippen LogP contribution in [0.1, 0.15) is 48.1 Å². The number of anilines is 5. The average molecular weight is 877 g/mol. The lowest BCUT2D eigenvalue weighted by atomic mass is 9.67. The summed E-state index contributed by atoms with van der Waals surface area (Å²) in [4.78, 5) is 4.95. The smallest absolute Gasteiger partial charge is 0.145 e. The molecule has 0 bridgehead atoms. The highest BCUT2D eigenvalue weighted by Gasteiger charge is 2.51. The minimum absolute atomic E-state index is 0.180. The van der Waals surface area contributed by atoms with Crippen LogP contribution in [-0.2, 0) is 5.41 Å². The van der Waals surface area contributed by atoms with E-state index in [-0.39, 0.29) is 5.41 Å². The van der Waals surface area contributed by atoms with E-state index >= 15 is 0 Å². The summed E-state index contributed by atoms with van der Waals surface area (Å²) >= 11 is 0. The lowest BCUT2D eigenvalue weighted by molar-refractivity contribution is 0.441. The van der Waals surface area contributed by atoms with Crippen molar-refractivity contribution in [1.29, 1.82) is 0 Å². The van der Waals surface area contributed by atoms with E-state index in [1.165, 1.54) is 11.3 Å². The Morgan fingerprint density at radius 3 is 1.41 bits per heavy atom. The third-order valence-electron chi connectivity index (χ3n) is 14.5. The predicted molar refractivity (Wildman–Crippen MR) is 282 cm³/mol. The van der Waals surface area contributed by atoms with Gasteiger partial charge < -0.3 is 18.6 Å². The molecular formula is C64H48N2O2. The topological polar surface area (TPSA) is 32.8 Å². The maximum absolute atomic E-state index is 7.43. The second kappa shape index (κ2) is 15.4. The molecule has 2 heterocycles. The molecule has 0 radical (unpaired) electrons. The monoisotopic (exact) mass is 876 g/mol. The molecule has 0 aliphatic heterocycles. The molecule has 4 nitrogen and oxygen atoms in total. The summed E-state index contributed by atoms with van der Waals surface area (Å²) < 4.78 is 14.8. The first-order chi connectivity index (χ1) is 33.4. The molecule has 2 aromatic heterocycles. The summed E-state index contributed by atoms with van der Waals surface area (Å²) in [6.45, 7) is 6.92. The van der Waals surface area contributed by atoms with Gasteiger partial charge in [0.15, 0.2) is 0 Å². The van der Waals surface area contributed by atoms with Gasteiger partial charge in [0.1, 0.15) is 22.3 Å². The molecule has 13 rings (SSSR count). The van der Waals surface area contributed by atoms with Gasteiger partial charge in [0.25, 0.3) is 0 Å². The Bertz CT molecular complexity index is 3760. The number of nitrogens with zero attached hydrogens (tertiary/aromatic N) is 2. The third kappa shape index (κ3) is 5.80.